The molecule has 3 aromatic rings. The number of rotatable bonds is 4. The van der Waals surface area contributed by atoms with Gasteiger partial charge in [-0.15, -0.1) is 0 Å². The quantitative estimate of drug-likeness (QED) is 0.709. The lowest BCUT2D eigenvalue weighted by atomic mass is 10.3. The fraction of sp³-hybridized carbons (Fsp3) is 0.0769. The summed E-state index contributed by atoms with van der Waals surface area (Å²) in [4.78, 5) is 25.4. The number of aromatic amines is 1. The van der Waals surface area contributed by atoms with Crippen LogP contribution in [0, 0.1) is 6.08 Å². The molecule has 1 aromatic carbocycles. The fourth-order valence-corrected chi connectivity index (χ4v) is 1.73. The Morgan fingerprint density at radius 2 is 2.10 bits per heavy atom. The molecule has 21 heavy (non-hydrogen) atoms. The molecule has 0 bridgehead atoms. The standard InChI is InChI=1S/C13H10FN5O2/c14-13-18-11-10(15-7-16-11)12(19-13)17-9(20)6-21-8-4-2-1-3-5-8/h1-5,7H,6H2,(H2,15,16,17,18,19,20). The second-order valence-corrected chi connectivity index (χ2v) is 4.09. The zero-order valence-corrected chi connectivity index (χ0v) is 10.7. The summed E-state index contributed by atoms with van der Waals surface area (Å²) in [6.07, 6.45) is 0.378. The lowest BCUT2D eigenvalue weighted by Crippen LogP contribution is -2.21. The Kier molecular flexibility index (Phi) is 3.42. The summed E-state index contributed by atoms with van der Waals surface area (Å²) in [6, 6.07) is 8.88. The molecule has 0 saturated heterocycles. The van der Waals surface area contributed by atoms with Gasteiger partial charge in [0.1, 0.15) is 11.3 Å². The number of H-pyrrole nitrogens is 1. The van der Waals surface area contributed by atoms with Gasteiger partial charge in [-0.25, -0.2) is 4.98 Å². The third-order valence-corrected chi connectivity index (χ3v) is 2.63. The van der Waals surface area contributed by atoms with Crippen LogP contribution in [0.4, 0.5) is 10.2 Å². The van der Waals surface area contributed by atoms with E-state index in [1.807, 2.05) is 6.07 Å². The van der Waals surface area contributed by atoms with Crippen LogP contribution in [0.15, 0.2) is 36.7 Å². The van der Waals surface area contributed by atoms with Gasteiger partial charge in [0, 0.05) is 0 Å². The first-order chi connectivity index (χ1) is 10.2. The first kappa shape index (κ1) is 13.0. The molecule has 3 rings (SSSR count). The summed E-state index contributed by atoms with van der Waals surface area (Å²) in [5.74, 6) is 0.123. The molecule has 7 nitrogen and oxygen atoms in total. The van der Waals surface area contributed by atoms with E-state index in [2.05, 4.69) is 25.3 Å². The van der Waals surface area contributed by atoms with Crippen molar-refractivity contribution in [3.05, 3.63) is 42.7 Å². The zero-order chi connectivity index (χ0) is 14.7. The van der Waals surface area contributed by atoms with E-state index in [4.69, 9.17) is 4.74 Å². The average molecular weight is 287 g/mol. The first-order valence-corrected chi connectivity index (χ1v) is 6.07. The van der Waals surface area contributed by atoms with Gasteiger partial charge in [0.2, 0.25) is 0 Å². The van der Waals surface area contributed by atoms with E-state index in [1.165, 1.54) is 6.33 Å². The van der Waals surface area contributed by atoms with Gasteiger partial charge in [0.05, 0.1) is 6.33 Å². The van der Waals surface area contributed by atoms with Crippen molar-refractivity contribution in [3.63, 3.8) is 0 Å². The van der Waals surface area contributed by atoms with Crippen molar-refractivity contribution < 1.29 is 13.9 Å². The van der Waals surface area contributed by atoms with Crippen molar-refractivity contribution in [1.29, 1.82) is 0 Å². The number of amides is 1. The lowest BCUT2D eigenvalue weighted by molar-refractivity contribution is -0.118. The Labute approximate surface area is 118 Å². The van der Waals surface area contributed by atoms with Crippen LogP contribution in [0.1, 0.15) is 0 Å². The molecule has 0 atom stereocenters. The Morgan fingerprint density at radius 3 is 2.90 bits per heavy atom. The highest BCUT2D eigenvalue weighted by atomic mass is 19.1. The number of carbonyl (C=O) groups excluding carboxylic acids is 1. The zero-order valence-electron chi connectivity index (χ0n) is 10.7. The van der Waals surface area contributed by atoms with Crippen LogP contribution in [0.5, 0.6) is 5.75 Å². The summed E-state index contributed by atoms with van der Waals surface area (Å²) < 4.78 is 18.5. The van der Waals surface area contributed by atoms with Crippen LogP contribution >= 0.6 is 0 Å². The Balaban J connectivity index is 1.70. The maximum Gasteiger partial charge on any atom is 0.312 e. The maximum atomic E-state index is 13.2. The molecule has 8 heteroatoms. The molecular weight excluding hydrogens is 277 g/mol. The number of fused-ring (bicyclic) bond motifs is 1. The molecule has 0 aliphatic heterocycles. The van der Waals surface area contributed by atoms with Gasteiger partial charge in [-0.05, 0) is 12.1 Å². The SMILES string of the molecule is O=C(COc1ccccc1)Nc1nc(F)nc2nc[nH]c12. The minimum Gasteiger partial charge on any atom is -0.484 e. The summed E-state index contributed by atoms with van der Waals surface area (Å²) in [7, 11) is 0. The van der Waals surface area contributed by atoms with Gasteiger partial charge >= 0.3 is 6.08 Å². The molecule has 0 aliphatic rings. The minimum atomic E-state index is -0.964. The number of para-hydroxylation sites is 1. The van der Waals surface area contributed by atoms with Crippen LogP contribution in [0.2, 0.25) is 0 Å². The molecule has 0 unspecified atom stereocenters. The van der Waals surface area contributed by atoms with Crippen LogP contribution in [-0.2, 0) is 4.79 Å². The topological polar surface area (TPSA) is 92.8 Å². The minimum absolute atomic E-state index is 0.0247. The molecule has 0 fully saturated rings. The van der Waals surface area contributed by atoms with E-state index in [0.29, 0.717) is 11.3 Å². The number of benzene rings is 1. The van der Waals surface area contributed by atoms with Crippen molar-refractivity contribution in [1.82, 2.24) is 19.9 Å². The van der Waals surface area contributed by atoms with E-state index in [-0.39, 0.29) is 18.1 Å². The van der Waals surface area contributed by atoms with Crippen LogP contribution in [0.25, 0.3) is 11.2 Å². The van der Waals surface area contributed by atoms with Crippen molar-refractivity contribution in [3.8, 4) is 5.75 Å². The van der Waals surface area contributed by atoms with Crippen molar-refractivity contribution in [2.24, 2.45) is 0 Å². The first-order valence-electron chi connectivity index (χ1n) is 6.07. The number of halogens is 1. The van der Waals surface area contributed by atoms with Gasteiger partial charge in [0.15, 0.2) is 18.1 Å². The molecular formula is C13H10FN5O2. The number of nitrogens with zero attached hydrogens (tertiary/aromatic N) is 3. The predicted octanol–water partition coefficient (Wildman–Crippen LogP) is 1.51. The molecule has 0 spiro atoms. The molecule has 106 valence electrons. The average Bonchev–Trinajstić information content (AvgIpc) is 2.94. The third-order valence-electron chi connectivity index (χ3n) is 2.63. The van der Waals surface area contributed by atoms with Gasteiger partial charge in [-0.1, -0.05) is 18.2 Å². The van der Waals surface area contributed by atoms with E-state index < -0.39 is 12.0 Å². The highest BCUT2D eigenvalue weighted by Gasteiger charge is 2.12. The second-order valence-electron chi connectivity index (χ2n) is 4.09. The number of imidazole rings is 1. The highest BCUT2D eigenvalue weighted by molar-refractivity contribution is 5.97. The molecule has 2 aromatic heterocycles. The van der Waals surface area contributed by atoms with Gasteiger partial charge in [-0.2, -0.15) is 14.4 Å². The van der Waals surface area contributed by atoms with Crippen molar-refractivity contribution >= 4 is 22.9 Å². The van der Waals surface area contributed by atoms with Crippen LogP contribution < -0.4 is 10.1 Å². The maximum absolute atomic E-state index is 13.2. The Morgan fingerprint density at radius 1 is 1.29 bits per heavy atom. The molecule has 0 aliphatic carbocycles. The van der Waals surface area contributed by atoms with Gasteiger partial charge in [0.25, 0.3) is 5.91 Å². The largest absolute Gasteiger partial charge is 0.484 e. The number of ether oxygens (including phenoxy) is 1. The number of anilines is 1. The lowest BCUT2D eigenvalue weighted by Gasteiger charge is -2.07. The monoisotopic (exact) mass is 287 g/mol. The van der Waals surface area contributed by atoms with E-state index in [0.717, 1.165) is 0 Å². The van der Waals surface area contributed by atoms with E-state index in [9.17, 15) is 9.18 Å². The number of hydrogen-bond acceptors (Lipinski definition) is 5. The van der Waals surface area contributed by atoms with E-state index in [1.54, 1.807) is 24.3 Å². The molecule has 2 heterocycles. The number of aromatic nitrogens is 4. The summed E-state index contributed by atoms with van der Waals surface area (Å²) in [6.45, 7) is -0.217. The van der Waals surface area contributed by atoms with Crippen molar-refractivity contribution in [2.75, 3.05) is 11.9 Å². The predicted molar refractivity (Wildman–Crippen MR) is 72.2 cm³/mol. The van der Waals surface area contributed by atoms with Gasteiger partial charge in [-0.3, -0.25) is 4.79 Å². The number of carbonyl (C=O) groups is 1. The highest BCUT2D eigenvalue weighted by Crippen LogP contribution is 2.16. The van der Waals surface area contributed by atoms with Crippen molar-refractivity contribution in [2.45, 2.75) is 0 Å². The Bertz CT molecular complexity index is 775. The van der Waals surface area contributed by atoms with Gasteiger partial charge < -0.3 is 15.0 Å². The summed E-state index contributed by atoms with van der Waals surface area (Å²) >= 11 is 0. The van der Waals surface area contributed by atoms with E-state index >= 15 is 0 Å². The molecule has 0 saturated carbocycles. The number of hydrogen-bond donors (Lipinski definition) is 2. The fourth-order valence-electron chi connectivity index (χ4n) is 1.73. The molecule has 0 radical (unpaired) electrons. The number of nitrogens with one attached hydrogen (secondary N) is 2. The van der Waals surface area contributed by atoms with Crippen LogP contribution in [0.3, 0.4) is 0 Å². The Hall–Kier alpha value is -3.03. The second kappa shape index (κ2) is 5.53. The normalized spacial score (nSPS) is 10.5. The summed E-state index contributed by atoms with van der Waals surface area (Å²) in [5, 5.41) is 2.46. The third kappa shape index (κ3) is 2.94. The summed E-state index contributed by atoms with van der Waals surface area (Å²) in [5.41, 5.74) is 0.492. The van der Waals surface area contributed by atoms with Crippen LogP contribution in [-0.4, -0.2) is 32.4 Å². The molecule has 1 amide bonds. The molecule has 2 N–H and O–H groups in total. The smallest absolute Gasteiger partial charge is 0.312 e.